The van der Waals surface area contributed by atoms with Crippen LogP contribution in [0.3, 0.4) is 0 Å². The van der Waals surface area contributed by atoms with Gasteiger partial charge in [0.1, 0.15) is 17.3 Å². The third-order valence-electron chi connectivity index (χ3n) is 4.23. The van der Waals surface area contributed by atoms with Crippen LogP contribution in [0.25, 0.3) is 6.08 Å². The van der Waals surface area contributed by atoms with Crippen LogP contribution in [0.15, 0.2) is 72.8 Å². The number of hydrogen-bond acceptors (Lipinski definition) is 4. The van der Waals surface area contributed by atoms with Crippen molar-refractivity contribution in [1.82, 2.24) is 0 Å². The molecule has 0 amide bonds. The lowest BCUT2D eigenvalue weighted by Gasteiger charge is -2.10. The summed E-state index contributed by atoms with van der Waals surface area (Å²) in [5.41, 5.74) is 2.15. The zero-order valence-corrected chi connectivity index (χ0v) is 16.0. The van der Waals surface area contributed by atoms with Crippen LogP contribution in [-0.4, -0.2) is 18.9 Å². The van der Waals surface area contributed by atoms with Crippen LogP contribution in [0.1, 0.15) is 31.8 Å². The molecule has 0 aromatic heterocycles. The highest BCUT2D eigenvalue weighted by atomic mass is 19.1. The Balaban J connectivity index is 1.82. The van der Waals surface area contributed by atoms with Gasteiger partial charge in [0.15, 0.2) is 5.78 Å². The minimum Gasteiger partial charge on any atom is -0.497 e. The Morgan fingerprint density at radius 3 is 2.28 bits per heavy atom. The van der Waals surface area contributed by atoms with E-state index in [1.165, 1.54) is 25.3 Å². The van der Waals surface area contributed by atoms with Crippen LogP contribution in [-0.2, 0) is 0 Å². The average molecular weight is 390 g/mol. The normalized spacial score (nSPS) is 10.7. The fourth-order valence-corrected chi connectivity index (χ4v) is 2.65. The largest absolute Gasteiger partial charge is 0.497 e. The highest BCUT2D eigenvalue weighted by Gasteiger charge is 2.15. The Morgan fingerprint density at radius 1 is 0.931 bits per heavy atom. The average Bonchev–Trinajstić information content (AvgIpc) is 2.74. The van der Waals surface area contributed by atoms with Gasteiger partial charge in [0.05, 0.1) is 18.2 Å². The fraction of sp³-hybridized carbons (Fsp3) is 0.0833. The first-order valence-corrected chi connectivity index (χ1v) is 8.91. The zero-order valence-electron chi connectivity index (χ0n) is 16.0. The highest BCUT2D eigenvalue weighted by Crippen LogP contribution is 2.23. The van der Waals surface area contributed by atoms with Gasteiger partial charge in [-0.25, -0.2) is 9.18 Å². The van der Waals surface area contributed by atoms with E-state index in [-0.39, 0.29) is 22.9 Å². The molecule has 0 fully saturated rings. The number of aryl methyl sites for hydroxylation is 1. The second kappa shape index (κ2) is 8.97. The van der Waals surface area contributed by atoms with Gasteiger partial charge < -0.3 is 9.47 Å². The third-order valence-corrected chi connectivity index (χ3v) is 4.23. The van der Waals surface area contributed by atoms with Gasteiger partial charge >= 0.3 is 5.97 Å². The van der Waals surface area contributed by atoms with Crippen LogP contribution >= 0.6 is 0 Å². The highest BCUT2D eigenvalue weighted by molar-refractivity contribution is 6.09. The molecule has 29 heavy (non-hydrogen) atoms. The molecule has 0 radical (unpaired) electrons. The van der Waals surface area contributed by atoms with Crippen LogP contribution in [0.4, 0.5) is 4.39 Å². The summed E-state index contributed by atoms with van der Waals surface area (Å²) >= 11 is 0. The number of carbonyl (C=O) groups is 2. The van der Waals surface area contributed by atoms with Crippen molar-refractivity contribution in [3.63, 3.8) is 0 Å². The molecule has 3 aromatic rings. The maximum Gasteiger partial charge on any atom is 0.343 e. The molecule has 0 bridgehead atoms. The number of hydrogen-bond donors (Lipinski definition) is 0. The number of benzene rings is 3. The molecule has 0 unspecified atom stereocenters. The lowest BCUT2D eigenvalue weighted by molar-refractivity contribution is 0.0733. The van der Waals surface area contributed by atoms with E-state index in [1.807, 2.05) is 6.92 Å². The van der Waals surface area contributed by atoms with Gasteiger partial charge in [-0.2, -0.15) is 0 Å². The molecule has 0 N–H and O–H groups in total. The molecular weight excluding hydrogens is 371 g/mol. The number of halogens is 1. The van der Waals surface area contributed by atoms with Crippen LogP contribution in [0, 0.1) is 12.7 Å². The van der Waals surface area contributed by atoms with Crippen molar-refractivity contribution in [3.05, 3.63) is 101 Å². The van der Waals surface area contributed by atoms with Crippen LogP contribution < -0.4 is 9.47 Å². The van der Waals surface area contributed by atoms with E-state index < -0.39 is 5.97 Å². The summed E-state index contributed by atoms with van der Waals surface area (Å²) in [6, 6.07) is 17.3. The summed E-state index contributed by atoms with van der Waals surface area (Å²) < 4.78 is 23.5. The Bertz CT molecular complexity index is 1050. The standard InChI is InChI=1S/C24H19FO4/c1-16-3-14-23(29-24(27)18-7-11-20(28-2)12-8-18)21(15-16)22(26)13-6-17-4-9-19(25)10-5-17/h3-15H,1-2H3/b13-6+. The SMILES string of the molecule is COc1ccc(C(=O)Oc2ccc(C)cc2C(=O)/C=C/c2ccc(F)cc2)cc1. The quantitative estimate of drug-likeness (QED) is 0.249. The zero-order chi connectivity index (χ0) is 20.8. The Labute approximate surface area is 168 Å². The first kappa shape index (κ1) is 20.0. The maximum atomic E-state index is 13.0. The van der Waals surface area contributed by atoms with E-state index in [4.69, 9.17) is 9.47 Å². The molecule has 0 heterocycles. The van der Waals surface area contributed by atoms with Crippen molar-refractivity contribution in [2.24, 2.45) is 0 Å². The predicted octanol–water partition coefficient (Wildman–Crippen LogP) is 5.26. The minimum absolute atomic E-state index is 0.171. The minimum atomic E-state index is -0.576. The molecule has 3 rings (SSSR count). The van der Waals surface area contributed by atoms with Crippen molar-refractivity contribution in [3.8, 4) is 11.5 Å². The monoisotopic (exact) mass is 390 g/mol. The van der Waals surface area contributed by atoms with E-state index in [9.17, 15) is 14.0 Å². The first-order valence-electron chi connectivity index (χ1n) is 8.91. The van der Waals surface area contributed by atoms with Gasteiger partial charge in [0, 0.05) is 0 Å². The molecule has 3 aromatic carbocycles. The van der Waals surface area contributed by atoms with Crippen molar-refractivity contribution < 1.29 is 23.5 Å². The lowest BCUT2D eigenvalue weighted by Crippen LogP contribution is -2.11. The van der Waals surface area contributed by atoms with Crippen LogP contribution in [0.5, 0.6) is 11.5 Å². The Hall–Kier alpha value is -3.73. The van der Waals surface area contributed by atoms with Gasteiger partial charge in [0.2, 0.25) is 0 Å². The number of esters is 1. The smallest absolute Gasteiger partial charge is 0.343 e. The Kier molecular flexibility index (Phi) is 6.19. The summed E-state index contributed by atoms with van der Waals surface area (Å²) in [7, 11) is 1.54. The van der Waals surface area contributed by atoms with E-state index >= 15 is 0 Å². The summed E-state index contributed by atoms with van der Waals surface area (Å²) in [4.78, 5) is 25.1. The number of ketones is 1. The Morgan fingerprint density at radius 2 is 1.62 bits per heavy atom. The summed E-state index contributed by atoms with van der Waals surface area (Å²) in [5, 5.41) is 0. The van der Waals surface area contributed by atoms with Crippen molar-refractivity contribution in [2.45, 2.75) is 6.92 Å². The first-order chi connectivity index (χ1) is 14.0. The third kappa shape index (κ3) is 5.17. The number of ether oxygens (including phenoxy) is 2. The van der Waals surface area contributed by atoms with E-state index in [1.54, 1.807) is 60.7 Å². The predicted molar refractivity (Wildman–Crippen MR) is 109 cm³/mol. The summed E-state index contributed by atoms with van der Waals surface area (Å²) in [6.07, 6.45) is 2.95. The van der Waals surface area contributed by atoms with E-state index in [0.717, 1.165) is 5.56 Å². The van der Waals surface area contributed by atoms with Gasteiger partial charge in [-0.15, -0.1) is 0 Å². The second-order valence-electron chi connectivity index (χ2n) is 6.37. The number of carbonyl (C=O) groups excluding carboxylic acids is 2. The topological polar surface area (TPSA) is 52.6 Å². The lowest BCUT2D eigenvalue weighted by atomic mass is 10.0. The number of allylic oxidation sites excluding steroid dienone is 1. The molecule has 146 valence electrons. The van der Waals surface area contributed by atoms with Crippen molar-refractivity contribution in [1.29, 1.82) is 0 Å². The molecular formula is C24H19FO4. The molecule has 0 saturated heterocycles. The van der Waals surface area contributed by atoms with Gasteiger partial charge in [-0.3, -0.25) is 4.79 Å². The van der Waals surface area contributed by atoms with Gasteiger partial charge in [-0.1, -0.05) is 29.8 Å². The maximum absolute atomic E-state index is 13.0. The number of methoxy groups -OCH3 is 1. The molecule has 0 aliphatic heterocycles. The number of rotatable bonds is 6. The molecule has 0 aliphatic carbocycles. The summed E-state index contributed by atoms with van der Waals surface area (Å²) in [6.45, 7) is 1.84. The van der Waals surface area contributed by atoms with Crippen molar-refractivity contribution >= 4 is 17.8 Å². The molecule has 0 spiro atoms. The molecule has 0 saturated carbocycles. The molecule has 0 atom stereocenters. The van der Waals surface area contributed by atoms with Crippen molar-refractivity contribution in [2.75, 3.05) is 7.11 Å². The van der Waals surface area contributed by atoms with E-state index in [0.29, 0.717) is 16.9 Å². The van der Waals surface area contributed by atoms with Gasteiger partial charge in [0.25, 0.3) is 0 Å². The molecule has 0 aliphatic rings. The van der Waals surface area contributed by atoms with E-state index in [2.05, 4.69) is 0 Å². The summed E-state index contributed by atoms with van der Waals surface area (Å²) in [5.74, 6) is -0.452. The van der Waals surface area contributed by atoms with Gasteiger partial charge in [-0.05, 0) is 67.1 Å². The second-order valence-corrected chi connectivity index (χ2v) is 6.37. The fourth-order valence-electron chi connectivity index (χ4n) is 2.65. The molecule has 5 heteroatoms. The van der Waals surface area contributed by atoms with Crippen LogP contribution in [0.2, 0.25) is 0 Å². The molecule has 4 nitrogen and oxygen atoms in total.